The third-order valence-corrected chi connectivity index (χ3v) is 8.70. The van der Waals surface area contributed by atoms with Crippen molar-refractivity contribution >= 4 is 11.7 Å². The number of nitrogens with zero attached hydrogens (tertiary/aromatic N) is 1. The van der Waals surface area contributed by atoms with Gasteiger partial charge >= 0.3 is 5.97 Å². The van der Waals surface area contributed by atoms with Crippen LogP contribution in [0.1, 0.15) is 68.2 Å². The lowest BCUT2D eigenvalue weighted by Crippen LogP contribution is -2.53. The third kappa shape index (κ3) is 5.20. The first-order chi connectivity index (χ1) is 18.4. The van der Waals surface area contributed by atoms with Crippen molar-refractivity contribution in [3.05, 3.63) is 101 Å². The number of carbonyl (C=O) groups is 1. The summed E-state index contributed by atoms with van der Waals surface area (Å²) in [6, 6.07) is 26.6. The minimum absolute atomic E-state index is 0.0823. The van der Waals surface area contributed by atoms with Gasteiger partial charge in [-0.1, -0.05) is 79.2 Å². The Morgan fingerprint density at radius 3 is 2.39 bits per heavy atom. The number of oxime groups is 1. The summed E-state index contributed by atoms with van der Waals surface area (Å²) in [5.41, 5.74) is 4.25. The SMILES string of the molecule is C[C@]1(C(=O)O)CCC[C@]2(C)c3cc(OCCCc4ccccc4)ccc3/C(=N/OCc3ccccc3)C[C@@H]12. The number of aliphatic carboxylic acids is 1. The van der Waals surface area contributed by atoms with E-state index < -0.39 is 11.4 Å². The van der Waals surface area contributed by atoms with Crippen molar-refractivity contribution in [1.29, 1.82) is 0 Å². The number of benzene rings is 3. The molecule has 38 heavy (non-hydrogen) atoms. The van der Waals surface area contributed by atoms with Crippen molar-refractivity contribution in [2.75, 3.05) is 6.61 Å². The highest BCUT2D eigenvalue weighted by Gasteiger charge is 2.56. The van der Waals surface area contributed by atoms with Crippen LogP contribution in [0.2, 0.25) is 0 Å². The fourth-order valence-corrected chi connectivity index (χ4v) is 6.50. The van der Waals surface area contributed by atoms with Crippen molar-refractivity contribution in [3.8, 4) is 5.75 Å². The minimum atomic E-state index is -0.822. The highest BCUT2D eigenvalue weighted by atomic mass is 16.6. The van der Waals surface area contributed by atoms with E-state index in [1.165, 1.54) is 5.56 Å². The number of hydrogen-bond donors (Lipinski definition) is 1. The van der Waals surface area contributed by atoms with Gasteiger partial charge in [0, 0.05) is 5.56 Å². The fraction of sp³-hybridized carbons (Fsp3) is 0.394. The molecular weight excluding hydrogens is 474 g/mol. The molecule has 5 heteroatoms. The van der Waals surface area contributed by atoms with Gasteiger partial charge in [0.25, 0.3) is 0 Å². The summed E-state index contributed by atoms with van der Waals surface area (Å²) in [5.74, 6) is 0.0155. The molecule has 3 aromatic rings. The maximum Gasteiger partial charge on any atom is 0.309 e. The zero-order valence-corrected chi connectivity index (χ0v) is 22.4. The molecule has 2 aliphatic rings. The molecule has 2 aliphatic carbocycles. The van der Waals surface area contributed by atoms with Crippen LogP contribution in [0, 0.1) is 11.3 Å². The Morgan fingerprint density at radius 1 is 0.974 bits per heavy atom. The molecule has 0 aliphatic heterocycles. The van der Waals surface area contributed by atoms with E-state index in [0.717, 1.165) is 53.8 Å². The first-order valence-electron chi connectivity index (χ1n) is 13.7. The number of rotatable bonds is 9. The van der Waals surface area contributed by atoms with E-state index >= 15 is 0 Å². The largest absolute Gasteiger partial charge is 0.494 e. The van der Waals surface area contributed by atoms with Crippen LogP contribution in [0.3, 0.4) is 0 Å². The van der Waals surface area contributed by atoms with Crippen LogP contribution < -0.4 is 4.74 Å². The van der Waals surface area contributed by atoms with E-state index in [-0.39, 0.29) is 11.3 Å². The van der Waals surface area contributed by atoms with Gasteiger partial charge in [0.05, 0.1) is 17.7 Å². The summed E-state index contributed by atoms with van der Waals surface area (Å²) in [6.45, 7) is 5.15. The summed E-state index contributed by atoms with van der Waals surface area (Å²) < 4.78 is 6.20. The molecule has 5 nitrogen and oxygen atoms in total. The molecule has 1 saturated carbocycles. The Balaban J connectivity index is 1.41. The fourth-order valence-electron chi connectivity index (χ4n) is 6.50. The van der Waals surface area contributed by atoms with Gasteiger partial charge in [-0.25, -0.2) is 0 Å². The third-order valence-electron chi connectivity index (χ3n) is 8.70. The molecule has 0 radical (unpaired) electrons. The maximum atomic E-state index is 12.6. The van der Waals surface area contributed by atoms with E-state index in [1.54, 1.807) is 0 Å². The second-order valence-corrected chi connectivity index (χ2v) is 11.2. The monoisotopic (exact) mass is 511 g/mol. The van der Waals surface area contributed by atoms with Gasteiger partial charge in [-0.2, -0.15) is 0 Å². The molecule has 0 bridgehead atoms. The van der Waals surface area contributed by atoms with Crippen LogP contribution in [0.25, 0.3) is 0 Å². The molecule has 0 unspecified atom stereocenters. The second kappa shape index (κ2) is 11.0. The minimum Gasteiger partial charge on any atom is -0.494 e. The Labute approximate surface area is 225 Å². The topological polar surface area (TPSA) is 68.1 Å². The van der Waals surface area contributed by atoms with E-state index in [1.807, 2.05) is 49.4 Å². The molecule has 0 aromatic heterocycles. The van der Waals surface area contributed by atoms with Crippen molar-refractivity contribution < 1.29 is 19.5 Å². The van der Waals surface area contributed by atoms with E-state index in [0.29, 0.717) is 26.1 Å². The highest BCUT2D eigenvalue weighted by Crippen LogP contribution is 2.57. The van der Waals surface area contributed by atoms with Gasteiger partial charge < -0.3 is 14.7 Å². The number of carboxylic acids is 1. The van der Waals surface area contributed by atoms with Crippen LogP contribution in [-0.4, -0.2) is 23.4 Å². The summed E-state index contributed by atoms with van der Waals surface area (Å²) in [7, 11) is 0. The molecular formula is C33H37NO4. The standard InChI is InChI=1S/C33H37NO4/c1-32-18-10-19-33(2,31(35)36)30(32)22-29(34-38-23-25-13-7-4-8-14-25)27-17-16-26(21-28(27)32)37-20-9-15-24-11-5-3-6-12-24/h3-8,11-14,16-17,21,30H,9-10,15,18-20,22-23H2,1-2H3,(H,35,36)/b34-29+/t30-,32-,33+/m1/s1. The second-order valence-electron chi connectivity index (χ2n) is 11.2. The van der Waals surface area contributed by atoms with Crippen LogP contribution in [-0.2, 0) is 28.1 Å². The Kier molecular flexibility index (Phi) is 7.55. The Morgan fingerprint density at radius 2 is 1.68 bits per heavy atom. The lowest BCUT2D eigenvalue weighted by atomic mass is 9.49. The van der Waals surface area contributed by atoms with Crippen molar-refractivity contribution in [2.45, 2.75) is 64.4 Å². The quantitative estimate of drug-likeness (QED) is 0.244. The molecule has 3 aromatic carbocycles. The smallest absolute Gasteiger partial charge is 0.309 e. The lowest BCUT2D eigenvalue weighted by molar-refractivity contribution is -0.156. The first-order valence-corrected chi connectivity index (χ1v) is 13.7. The zero-order valence-electron chi connectivity index (χ0n) is 22.4. The number of hydrogen-bond acceptors (Lipinski definition) is 4. The molecule has 1 fully saturated rings. The van der Waals surface area contributed by atoms with Crippen molar-refractivity contribution in [1.82, 2.24) is 0 Å². The molecule has 3 atom stereocenters. The van der Waals surface area contributed by atoms with Gasteiger partial charge in [-0.3, -0.25) is 4.79 Å². The average molecular weight is 512 g/mol. The molecule has 0 heterocycles. The molecule has 0 spiro atoms. The molecule has 198 valence electrons. The van der Waals surface area contributed by atoms with Gasteiger partial charge in [-0.15, -0.1) is 0 Å². The average Bonchev–Trinajstić information content (AvgIpc) is 2.93. The summed E-state index contributed by atoms with van der Waals surface area (Å²) >= 11 is 0. The van der Waals surface area contributed by atoms with Gasteiger partial charge in [0.1, 0.15) is 12.4 Å². The van der Waals surface area contributed by atoms with E-state index in [4.69, 9.17) is 9.57 Å². The lowest BCUT2D eigenvalue weighted by Gasteiger charge is -2.53. The van der Waals surface area contributed by atoms with Crippen LogP contribution in [0.15, 0.2) is 84.0 Å². The highest BCUT2D eigenvalue weighted by molar-refractivity contribution is 6.04. The summed E-state index contributed by atoms with van der Waals surface area (Å²) in [6.07, 6.45) is 4.98. The molecule has 1 N–H and O–H groups in total. The number of aryl methyl sites for hydroxylation is 1. The normalized spacial score (nSPS) is 25.3. The molecule has 0 saturated heterocycles. The maximum absolute atomic E-state index is 12.6. The number of carboxylic acid groups (broad SMARTS) is 1. The Hall–Kier alpha value is -3.60. The van der Waals surface area contributed by atoms with E-state index in [9.17, 15) is 9.90 Å². The molecule has 5 rings (SSSR count). The van der Waals surface area contributed by atoms with Gasteiger partial charge in [0.15, 0.2) is 0 Å². The van der Waals surface area contributed by atoms with Crippen molar-refractivity contribution in [2.24, 2.45) is 16.5 Å². The zero-order chi connectivity index (χ0) is 26.6. The van der Waals surface area contributed by atoms with Crippen LogP contribution >= 0.6 is 0 Å². The van der Waals surface area contributed by atoms with Gasteiger partial charge in [-0.05, 0) is 85.3 Å². The predicted octanol–water partition coefficient (Wildman–Crippen LogP) is 7.17. The van der Waals surface area contributed by atoms with Crippen LogP contribution in [0.4, 0.5) is 0 Å². The Bertz CT molecular complexity index is 1290. The first kappa shape index (κ1) is 26.0. The number of fused-ring (bicyclic) bond motifs is 3. The van der Waals surface area contributed by atoms with Crippen LogP contribution in [0.5, 0.6) is 5.75 Å². The van der Waals surface area contributed by atoms with Crippen molar-refractivity contribution in [3.63, 3.8) is 0 Å². The van der Waals surface area contributed by atoms with Gasteiger partial charge in [0.2, 0.25) is 0 Å². The van der Waals surface area contributed by atoms with E-state index in [2.05, 4.69) is 48.5 Å². The summed E-state index contributed by atoms with van der Waals surface area (Å²) in [4.78, 5) is 18.4. The molecule has 0 amide bonds. The number of ether oxygens (including phenoxy) is 1. The predicted molar refractivity (Wildman–Crippen MR) is 150 cm³/mol. The summed E-state index contributed by atoms with van der Waals surface area (Å²) in [5, 5.41) is 14.9.